The average molecular weight is 767 g/mol. The van der Waals surface area contributed by atoms with E-state index >= 15 is 0 Å². The Labute approximate surface area is 310 Å². The van der Waals surface area contributed by atoms with Gasteiger partial charge in [-0.05, 0) is 69.2 Å². The highest BCUT2D eigenvalue weighted by Crippen LogP contribution is 2.38. The number of likely N-dealkylation sites (tertiary alicyclic amines) is 1. The number of ketones is 1. The number of ether oxygens (including phenoxy) is 2. The van der Waals surface area contributed by atoms with E-state index in [1.807, 2.05) is 34.1 Å². The van der Waals surface area contributed by atoms with Crippen molar-refractivity contribution in [3.63, 3.8) is 0 Å². The number of benzene rings is 2. The van der Waals surface area contributed by atoms with E-state index in [9.17, 15) is 27.6 Å². The first-order chi connectivity index (χ1) is 24.9. The third kappa shape index (κ3) is 8.61. The van der Waals surface area contributed by atoms with Gasteiger partial charge in [0.15, 0.2) is 5.78 Å². The fraction of sp³-hybridized carbons (Fsp3) is 0.541. The number of aromatic nitrogens is 1. The number of fused-ring (bicyclic) bond motifs is 1. The van der Waals surface area contributed by atoms with Crippen LogP contribution in [0.15, 0.2) is 42.6 Å². The van der Waals surface area contributed by atoms with Crippen LogP contribution in [0.4, 0.5) is 18.9 Å². The summed E-state index contributed by atoms with van der Waals surface area (Å²) in [5, 5.41) is 3.98. The quantitative estimate of drug-likeness (QED) is 0.192. The number of H-pyrrole nitrogens is 1. The molecule has 0 bridgehead atoms. The number of carbonyl (C=O) groups is 3. The zero-order valence-corrected chi connectivity index (χ0v) is 30.6. The van der Waals surface area contributed by atoms with E-state index in [2.05, 4.69) is 10.3 Å². The molecule has 3 aliphatic rings. The number of para-hydroxylation sites is 1. The van der Waals surface area contributed by atoms with E-state index < -0.39 is 18.6 Å². The largest absolute Gasteiger partial charge is 0.466 e. The lowest BCUT2D eigenvalue weighted by atomic mass is 9.87. The zero-order valence-electron chi connectivity index (χ0n) is 29.1. The molecule has 3 heterocycles. The first-order valence-electron chi connectivity index (χ1n) is 17.9. The van der Waals surface area contributed by atoms with Crippen molar-refractivity contribution in [2.45, 2.75) is 70.0 Å². The maximum Gasteiger partial charge on any atom is 0.401 e. The van der Waals surface area contributed by atoms with E-state index in [0.717, 1.165) is 23.7 Å². The van der Waals surface area contributed by atoms with Gasteiger partial charge < -0.3 is 19.8 Å². The molecule has 6 rings (SSSR count). The Kier molecular flexibility index (Phi) is 12.2. The third-order valence-corrected chi connectivity index (χ3v) is 11.0. The number of hydrogen-bond donors (Lipinski definition) is 2. The number of aromatic amines is 1. The predicted octanol–water partition coefficient (Wildman–Crippen LogP) is 6.91. The van der Waals surface area contributed by atoms with Crippen LogP contribution in [0.3, 0.4) is 0 Å². The molecule has 15 heteroatoms. The smallest absolute Gasteiger partial charge is 0.401 e. The molecule has 1 unspecified atom stereocenters. The minimum absolute atomic E-state index is 0.110. The standard InChI is InChI=1S/C37H44Cl2F3N5O5/c1-2-51-35(50)24-9-11-26(12-10-24)52-37(46-13-5-6-14-46,47-17-15-45(16-18-47)23-36(40,41)42)33(48)20-25-19-30(39)32(21-29(25)38)44-34(49)28-22-43-31-8-4-3-7-27(28)31/h3-4,7-8,19,21-22,24,26,43H,2,5-6,9-18,20,23H2,1H3,(H,44,49)/t24-,26-,37?. The summed E-state index contributed by atoms with van der Waals surface area (Å²) in [5.41, 5.74) is 1.94. The molecule has 1 atom stereocenters. The van der Waals surface area contributed by atoms with Crippen LogP contribution in [0.25, 0.3) is 10.9 Å². The fourth-order valence-corrected chi connectivity index (χ4v) is 8.18. The molecule has 3 fully saturated rings. The monoisotopic (exact) mass is 765 g/mol. The summed E-state index contributed by atoms with van der Waals surface area (Å²) >= 11 is 13.5. The number of anilines is 1. The maximum absolute atomic E-state index is 14.9. The molecule has 52 heavy (non-hydrogen) atoms. The number of amides is 1. The Morgan fingerprint density at radius 2 is 1.60 bits per heavy atom. The number of carbonyl (C=O) groups excluding carboxylic acids is 3. The number of esters is 1. The fourth-order valence-electron chi connectivity index (χ4n) is 7.72. The summed E-state index contributed by atoms with van der Waals surface area (Å²) in [7, 11) is 0. The molecule has 2 aliphatic heterocycles. The number of rotatable bonds is 12. The summed E-state index contributed by atoms with van der Waals surface area (Å²) in [6, 6.07) is 10.5. The Hall–Kier alpha value is -3.20. The molecule has 2 N–H and O–H groups in total. The number of hydrogen-bond acceptors (Lipinski definition) is 8. The van der Waals surface area contributed by atoms with Gasteiger partial charge in [0.2, 0.25) is 5.85 Å². The van der Waals surface area contributed by atoms with Gasteiger partial charge in [-0.2, -0.15) is 13.2 Å². The number of piperazine rings is 1. The highest BCUT2D eigenvalue weighted by molar-refractivity contribution is 6.36. The van der Waals surface area contributed by atoms with Crippen LogP contribution >= 0.6 is 23.2 Å². The zero-order chi connectivity index (χ0) is 37.0. The van der Waals surface area contributed by atoms with Crippen molar-refractivity contribution in [2.24, 2.45) is 5.92 Å². The molecule has 10 nitrogen and oxygen atoms in total. The van der Waals surface area contributed by atoms with Gasteiger partial charge in [0, 0.05) is 67.8 Å². The molecule has 1 saturated carbocycles. The minimum atomic E-state index is -4.34. The summed E-state index contributed by atoms with van der Waals surface area (Å²) in [6.07, 6.45) is 0.536. The maximum atomic E-state index is 14.9. The molecule has 1 amide bonds. The van der Waals surface area contributed by atoms with E-state index in [4.69, 9.17) is 32.7 Å². The van der Waals surface area contributed by atoms with Gasteiger partial charge in [-0.1, -0.05) is 41.4 Å². The topological polar surface area (TPSA) is 107 Å². The molecule has 0 spiro atoms. The van der Waals surface area contributed by atoms with E-state index in [0.29, 0.717) is 56.5 Å². The number of nitrogens with zero attached hydrogens (tertiary/aromatic N) is 3. The van der Waals surface area contributed by atoms with Crippen molar-refractivity contribution in [2.75, 3.05) is 57.7 Å². The van der Waals surface area contributed by atoms with Gasteiger partial charge in [0.25, 0.3) is 5.91 Å². The molecule has 1 aliphatic carbocycles. The molecule has 0 radical (unpaired) electrons. The lowest BCUT2D eigenvalue weighted by molar-refractivity contribution is -0.262. The first kappa shape index (κ1) is 38.5. The molecular formula is C37H44Cl2F3N5O5. The van der Waals surface area contributed by atoms with E-state index in [1.54, 1.807) is 19.2 Å². The lowest BCUT2D eigenvalue weighted by Gasteiger charge is -2.52. The van der Waals surface area contributed by atoms with Crippen LogP contribution in [0.1, 0.15) is 61.4 Å². The van der Waals surface area contributed by atoms with Crippen molar-refractivity contribution in [3.8, 4) is 0 Å². The second-order valence-corrected chi connectivity index (χ2v) is 14.6. The number of nitrogens with one attached hydrogen (secondary N) is 2. The van der Waals surface area contributed by atoms with E-state index in [-0.39, 0.29) is 78.0 Å². The van der Waals surface area contributed by atoms with Crippen LogP contribution in [-0.4, -0.2) is 108 Å². The van der Waals surface area contributed by atoms with E-state index in [1.165, 1.54) is 11.0 Å². The van der Waals surface area contributed by atoms with Gasteiger partial charge in [-0.15, -0.1) is 0 Å². The minimum Gasteiger partial charge on any atom is -0.466 e. The van der Waals surface area contributed by atoms with Crippen LogP contribution in [0.2, 0.25) is 10.0 Å². The SMILES string of the molecule is CCOC(=O)[C@H]1CC[C@H](OC(C(=O)Cc2cc(Cl)c(NC(=O)c3c[nH]c4ccccc34)cc2Cl)(N2CCCC2)N2CCN(CC(F)(F)F)CC2)CC1. The molecular weight excluding hydrogens is 722 g/mol. The van der Waals surface area contributed by atoms with Gasteiger partial charge in [0.05, 0.1) is 41.4 Å². The summed E-state index contributed by atoms with van der Waals surface area (Å²) in [6.45, 7) is 2.77. The van der Waals surface area contributed by atoms with Crippen molar-refractivity contribution in [1.29, 1.82) is 0 Å². The molecule has 282 valence electrons. The van der Waals surface area contributed by atoms with Gasteiger partial charge in [-0.3, -0.25) is 29.1 Å². The Balaban J connectivity index is 1.26. The Bertz CT molecular complexity index is 1750. The second-order valence-electron chi connectivity index (χ2n) is 13.7. The lowest BCUT2D eigenvalue weighted by Crippen LogP contribution is -2.71. The van der Waals surface area contributed by atoms with Crippen molar-refractivity contribution < 1.29 is 37.0 Å². The van der Waals surface area contributed by atoms with Crippen molar-refractivity contribution in [1.82, 2.24) is 19.7 Å². The van der Waals surface area contributed by atoms with Crippen molar-refractivity contribution >= 4 is 57.5 Å². The Morgan fingerprint density at radius 3 is 2.27 bits per heavy atom. The van der Waals surface area contributed by atoms with Crippen LogP contribution < -0.4 is 5.32 Å². The van der Waals surface area contributed by atoms with Crippen LogP contribution in [0.5, 0.6) is 0 Å². The number of alkyl halides is 3. The average Bonchev–Trinajstić information content (AvgIpc) is 3.81. The molecule has 1 aromatic heterocycles. The van der Waals surface area contributed by atoms with Gasteiger partial charge in [-0.25, -0.2) is 0 Å². The van der Waals surface area contributed by atoms with Crippen molar-refractivity contribution in [3.05, 3.63) is 63.8 Å². The van der Waals surface area contributed by atoms with Gasteiger partial charge in [0.1, 0.15) is 0 Å². The molecule has 2 saturated heterocycles. The third-order valence-electron chi connectivity index (χ3n) is 10.3. The van der Waals surface area contributed by atoms with Crippen LogP contribution in [-0.2, 0) is 25.5 Å². The number of halogens is 5. The van der Waals surface area contributed by atoms with Crippen LogP contribution in [0, 0.1) is 5.92 Å². The summed E-state index contributed by atoms with van der Waals surface area (Å²) in [5.74, 6) is -2.75. The number of Topliss-reactive ketones (excluding diaryl/α,β-unsaturated/α-hetero) is 1. The highest BCUT2D eigenvalue weighted by Gasteiger charge is 2.53. The highest BCUT2D eigenvalue weighted by atomic mass is 35.5. The summed E-state index contributed by atoms with van der Waals surface area (Å²) < 4.78 is 52.1. The Morgan fingerprint density at radius 1 is 0.923 bits per heavy atom. The molecule has 2 aromatic carbocycles. The second kappa shape index (κ2) is 16.4. The first-order valence-corrected chi connectivity index (χ1v) is 18.7. The van der Waals surface area contributed by atoms with Gasteiger partial charge >= 0.3 is 12.1 Å². The molecule has 3 aromatic rings. The summed E-state index contributed by atoms with van der Waals surface area (Å²) in [4.78, 5) is 49.0. The predicted molar refractivity (Wildman–Crippen MR) is 192 cm³/mol. The normalized spacial score (nSPS) is 22.0.